The quantitative estimate of drug-likeness (QED) is 0.392. The van der Waals surface area contributed by atoms with Crippen molar-refractivity contribution in [3.8, 4) is 5.75 Å². The van der Waals surface area contributed by atoms with E-state index >= 15 is 0 Å². The fourth-order valence-electron chi connectivity index (χ4n) is 4.09. The van der Waals surface area contributed by atoms with Crippen molar-refractivity contribution in [2.45, 2.75) is 18.9 Å². The number of amides is 1. The molecule has 1 heterocycles. The second-order valence-electron chi connectivity index (χ2n) is 8.22. The molecular formula is C27H28FN3O2. The zero-order chi connectivity index (χ0) is 23.2. The lowest BCUT2D eigenvalue weighted by molar-refractivity contribution is -0.121. The SMILES string of the molecule is COc1ccc2[nH]cc(CC(=O)N[C@@H](Cc3ccccc3)CN(C)c3cccc(F)c3)c2c1. The van der Waals surface area contributed by atoms with Crippen molar-refractivity contribution in [3.05, 3.63) is 95.9 Å². The second kappa shape index (κ2) is 10.2. The molecule has 0 unspecified atom stereocenters. The van der Waals surface area contributed by atoms with Crippen LogP contribution in [0.25, 0.3) is 10.9 Å². The molecule has 0 spiro atoms. The number of carbonyl (C=O) groups excluding carboxylic acids is 1. The van der Waals surface area contributed by atoms with Gasteiger partial charge in [-0.15, -0.1) is 0 Å². The van der Waals surface area contributed by atoms with Gasteiger partial charge in [0, 0.05) is 36.4 Å². The first-order valence-electron chi connectivity index (χ1n) is 11.0. The van der Waals surface area contributed by atoms with Gasteiger partial charge in [0.25, 0.3) is 0 Å². The molecule has 1 aromatic heterocycles. The van der Waals surface area contributed by atoms with Gasteiger partial charge in [-0.05, 0) is 53.9 Å². The van der Waals surface area contributed by atoms with E-state index in [1.54, 1.807) is 13.2 Å². The van der Waals surface area contributed by atoms with Gasteiger partial charge in [-0.1, -0.05) is 36.4 Å². The molecule has 0 fully saturated rings. The summed E-state index contributed by atoms with van der Waals surface area (Å²) >= 11 is 0. The van der Waals surface area contributed by atoms with Crippen LogP contribution in [-0.2, 0) is 17.6 Å². The minimum absolute atomic E-state index is 0.0627. The molecule has 4 aromatic rings. The van der Waals surface area contributed by atoms with Crippen molar-refractivity contribution in [2.24, 2.45) is 0 Å². The lowest BCUT2D eigenvalue weighted by Gasteiger charge is -2.27. The molecule has 170 valence electrons. The number of H-pyrrole nitrogens is 1. The topological polar surface area (TPSA) is 57.4 Å². The summed E-state index contributed by atoms with van der Waals surface area (Å²) < 4.78 is 19.0. The van der Waals surface area contributed by atoms with E-state index in [4.69, 9.17) is 4.74 Å². The Morgan fingerprint density at radius 2 is 1.91 bits per heavy atom. The van der Waals surface area contributed by atoms with E-state index in [9.17, 15) is 9.18 Å². The van der Waals surface area contributed by atoms with Crippen LogP contribution in [0.15, 0.2) is 79.0 Å². The highest BCUT2D eigenvalue weighted by Gasteiger charge is 2.18. The standard InChI is InChI=1S/C27H28FN3O2/c1-31(23-10-6-9-21(28)15-23)18-22(13-19-7-4-3-5-8-19)30-27(32)14-20-17-29-26-12-11-24(33-2)16-25(20)26/h3-12,15-17,22,29H,13-14,18H2,1-2H3,(H,30,32)/t22-/m0/s1. The number of hydrogen-bond acceptors (Lipinski definition) is 3. The van der Waals surface area contributed by atoms with Crippen molar-refractivity contribution in [2.75, 3.05) is 25.6 Å². The Kier molecular flexibility index (Phi) is 6.93. The molecule has 1 amide bonds. The lowest BCUT2D eigenvalue weighted by atomic mass is 10.0. The first-order valence-corrected chi connectivity index (χ1v) is 11.0. The number of nitrogens with one attached hydrogen (secondary N) is 2. The smallest absolute Gasteiger partial charge is 0.224 e. The van der Waals surface area contributed by atoms with Gasteiger partial charge < -0.3 is 19.9 Å². The number of likely N-dealkylation sites (N-methyl/N-ethyl adjacent to an activating group) is 1. The maximum Gasteiger partial charge on any atom is 0.224 e. The monoisotopic (exact) mass is 445 g/mol. The molecule has 0 saturated heterocycles. The Bertz CT molecular complexity index is 1220. The predicted octanol–water partition coefficient (Wildman–Crippen LogP) is 4.72. The molecule has 5 nitrogen and oxygen atoms in total. The van der Waals surface area contributed by atoms with Crippen LogP contribution in [0.2, 0.25) is 0 Å². The molecule has 0 radical (unpaired) electrons. The van der Waals surface area contributed by atoms with E-state index in [0.29, 0.717) is 13.0 Å². The first kappa shape index (κ1) is 22.4. The number of nitrogens with zero attached hydrogens (tertiary/aromatic N) is 1. The summed E-state index contributed by atoms with van der Waals surface area (Å²) in [5, 5.41) is 4.17. The van der Waals surface area contributed by atoms with Crippen molar-refractivity contribution < 1.29 is 13.9 Å². The number of rotatable bonds is 9. The Hall–Kier alpha value is -3.80. The number of aromatic nitrogens is 1. The van der Waals surface area contributed by atoms with Crippen LogP contribution >= 0.6 is 0 Å². The third-order valence-corrected chi connectivity index (χ3v) is 5.76. The van der Waals surface area contributed by atoms with Gasteiger partial charge in [0.2, 0.25) is 5.91 Å². The average Bonchev–Trinajstić information content (AvgIpc) is 3.21. The van der Waals surface area contributed by atoms with Gasteiger partial charge in [-0.2, -0.15) is 0 Å². The highest BCUT2D eigenvalue weighted by Crippen LogP contribution is 2.24. The van der Waals surface area contributed by atoms with Crippen LogP contribution in [0.1, 0.15) is 11.1 Å². The van der Waals surface area contributed by atoms with Gasteiger partial charge in [-0.3, -0.25) is 4.79 Å². The van der Waals surface area contributed by atoms with Crippen molar-refractivity contribution in [3.63, 3.8) is 0 Å². The van der Waals surface area contributed by atoms with Crippen molar-refractivity contribution in [1.29, 1.82) is 0 Å². The lowest BCUT2D eigenvalue weighted by Crippen LogP contribution is -2.44. The molecular weight excluding hydrogens is 417 g/mol. The zero-order valence-electron chi connectivity index (χ0n) is 18.8. The highest BCUT2D eigenvalue weighted by molar-refractivity contribution is 5.89. The predicted molar refractivity (Wildman–Crippen MR) is 130 cm³/mol. The van der Waals surface area contributed by atoms with E-state index in [1.807, 2.05) is 72.7 Å². The Morgan fingerprint density at radius 1 is 1.09 bits per heavy atom. The molecule has 0 aliphatic carbocycles. The summed E-state index contributed by atoms with van der Waals surface area (Å²) in [6, 6.07) is 22.2. The van der Waals surface area contributed by atoms with E-state index < -0.39 is 0 Å². The summed E-state index contributed by atoms with van der Waals surface area (Å²) in [4.78, 5) is 18.2. The van der Waals surface area contributed by atoms with Gasteiger partial charge in [-0.25, -0.2) is 4.39 Å². The summed E-state index contributed by atoms with van der Waals surface area (Å²) in [7, 11) is 3.54. The number of benzene rings is 3. The average molecular weight is 446 g/mol. The van der Waals surface area contributed by atoms with Crippen LogP contribution in [-0.4, -0.2) is 37.6 Å². The molecule has 2 N–H and O–H groups in total. The summed E-state index contributed by atoms with van der Waals surface area (Å²) in [5.74, 6) is 0.410. The second-order valence-corrected chi connectivity index (χ2v) is 8.22. The summed E-state index contributed by atoms with van der Waals surface area (Å²) in [6.07, 6.45) is 2.80. The number of fused-ring (bicyclic) bond motifs is 1. The third-order valence-electron chi connectivity index (χ3n) is 5.76. The van der Waals surface area contributed by atoms with Gasteiger partial charge in [0.05, 0.1) is 19.6 Å². The molecule has 1 atom stereocenters. The molecule has 0 bridgehead atoms. The molecule has 33 heavy (non-hydrogen) atoms. The minimum Gasteiger partial charge on any atom is -0.497 e. The Labute approximate surface area is 193 Å². The summed E-state index contributed by atoms with van der Waals surface area (Å²) in [5.41, 5.74) is 3.78. The minimum atomic E-state index is -0.280. The number of ether oxygens (including phenoxy) is 1. The first-order chi connectivity index (χ1) is 16.0. The fraction of sp³-hybridized carbons (Fsp3) is 0.222. The third kappa shape index (κ3) is 5.71. The number of hydrogen-bond donors (Lipinski definition) is 2. The van der Waals surface area contributed by atoms with Crippen LogP contribution in [0.4, 0.5) is 10.1 Å². The summed E-state index contributed by atoms with van der Waals surface area (Å²) in [6.45, 7) is 0.547. The van der Waals surface area contributed by atoms with Crippen LogP contribution in [0.3, 0.4) is 0 Å². The number of methoxy groups -OCH3 is 1. The van der Waals surface area contributed by atoms with Crippen LogP contribution in [0, 0.1) is 5.82 Å². The van der Waals surface area contributed by atoms with E-state index in [2.05, 4.69) is 10.3 Å². The molecule has 0 aliphatic heterocycles. The molecule has 0 aliphatic rings. The highest BCUT2D eigenvalue weighted by atomic mass is 19.1. The van der Waals surface area contributed by atoms with Crippen molar-refractivity contribution in [1.82, 2.24) is 10.3 Å². The van der Waals surface area contributed by atoms with E-state index in [-0.39, 0.29) is 24.2 Å². The van der Waals surface area contributed by atoms with Gasteiger partial charge in [0.15, 0.2) is 0 Å². The molecule has 0 saturated carbocycles. The maximum absolute atomic E-state index is 13.7. The maximum atomic E-state index is 13.7. The van der Waals surface area contributed by atoms with Crippen molar-refractivity contribution >= 4 is 22.5 Å². The normalized spacial score (nSPS) is 11.8. The Balaban J connectivity index is 1.50. The number of anilines is 1. The molecule has 4 rings (SSSR count). The molecule has 6 heteroatoms. The number of halogens is 1. The van der Waals surface area contributed by atoms with Crippen LogP contribution in [0.5, 0.6) is 5.75 Å². The number of aromatic amines is 1. The number of carbonyl (C=O) groups is 1. The molecule has 3 aromatic carbocycles. The van der Waals surface area contributed by atoms with E-state index in [1.165, 1.54) is 12.1 Å². The Morgan fingerprint density at radius 3 is 2.67 bits per heavy atom. The zero-order valence-corrected chi connectivity index (χ0v) is 18.8. The van der Waals surface area contributed by atoms with Gasteiger partial charge >= 0.3 is 0 Å². The van der Waals surface area contributed by atoms with Crippen LogP contribution < -0.4 is 15.0 Å². The van der Waals surface area contributed by atoms with Gasteiger partial charge in [0.1, 0.15) is 11.6 Å². The fourth-order valence-corrected chi connectivity index (χ4v) is 4.09. The van der Waals surface area contributed by atoms with E-state index in [0.717, 1.165) is 33.5 Å². The largest absolute Gasteiger partial charge is 0.497 e.